The van der Waals surface area contributed by atoms with Crippen LogP contribution in [0.2, 0.25) is 0 Å². The molecule has 5 heteroatoms. The van der Waals surface area contributed by atoms with Crippen molar-refractivity contribution in [1.29, 1.82) is 0 Å². The van der Waals surface area contributed by atoms with E-state index in [-0.39, 0.29) is 0 Å². The van der Waals surface area contributed by atoms with Gasteiger partial charge in [-0.2, -0.15) is 0 Å². The van der Waals surface area contributed by atoms with Crippen molar-refractivity contribution in [1.82, 2.24) is 0 Å². The smallest absolute Gasteiger partial charge is 0.176 e. The first-order chi connectivity index (χ1) is 13.1. The summed E-state index contributed by atoms with van der Waals surface area (Å²) in [6.07, 6.45) is 0. The molecule has 5 nitrogen and oxygen atoms in total. The Kier molecular flexibility index (Phi) is 4.32. The fourth-order valence-corrected chi connectivity index (χ4v) is 3.28. The third-order valence-corrected chi connectivity index (χ3v) is 4.57. The van der Waals surface area contributed by atoms with Crippen molar-refractivity contribution < 1.29 is 19.9 Å². The van der Waals surface area contributed by atoms with Crippen molar-refractivity contribution in [2.45, 2.75) is 0 Å². The normalized spacial score (nSPS) is 12.0. The fraction of sp³-hybridized carbons (Fsp3) is 0.0909. The molecular weight excluding hydrogens is 342 g/mol. The molecule has 0 saturated heterocycles. The van der Waals surface area contributed by atoms with Crippen molar-refractivity contribution in [3.8, 4) is 17.2 Å². The Balaban J connectivity index is 2.06. The lowest BCUT2D eigenvalue weighted by molar-refractivity contribution is -0.438. The first-order valence-corrected chi connectivity index (χ1v) is 8.49. The number of benzene rings is 3. The molecule has 0 spiro atoms. The molecule has 136 valence electrons. The zero-order valence-electron chi connectivity index (χ0n) is 15.1. The average molecular weight is 361 g/mol. The third kappa shape index (κ3) is 3.03. The fourth-order valence-electron chi connectivity index (χ4n) is 3.28. The second-order valence-corrected chi connectivity index (χ2v) is 6.54. The van der Waals surface area contributed by atoms with E-state index in [4.69, 9.17) is 14.9 Å². The highest BCUT2D eigenvalue weighted by Gasteiger charge is 2.23. The lowest BCUT2D eigenvalue weighted by atomic mass is 9.92. The second-order valence-electron chi connectivity index (χ2n) is 6.54. The summed E-state index contributed by atoms with van der Waals surface area (Å²) >= 11 is 0. The SMILES string of the molecule is C=c1ccc2c(c1)Oc1cc(N(C)C)ccc1C=2c1ccccc1OOO. The van der Waals surface area contributed by atoms with Gasteiger partial charge in [0, 0.05) is 47.8 Å². The van der Waals surface area contributed by atoms with Crippen LogP contribution in [0.4, 0.5) is 5.69 Å². The largest absolute Gasteiger partial charge is 0.456 e. The highest BCUT2D eigenvalue weighted by atomic mass is 17.5. The zero-order valence-corrected chi connectivity index (χ0v) is 15.1. The van der Waals surface area contributed by atoms with E-state index in [9.17, 15) is 0 Å². The lowest BCUT2D eigenvalue weighted by Gasteiger charge is -2.24. The molecule has 0 amide bonds. The van der Waals surface area contributed by atoms with Gasteiger partial charge in [0.1, 0.15) is 11.5 Å². The Morgan fingerprint density at radius 3 is 2.52 bits per heavy atom. The van der Waals surface area contributed by atoms with E-state index in [1.54, 1.807) is 6.07 Å². The van der Waals surface area contributed by atoms with Crippen LogP contribution in [0, 0.1) is 0 Å². The average Bonchev–Trinajstić information content (AvgIpc) is 2.66. The second kappa shape index (κ2) is 6.79. The van der Waals surface area contributed by atoms with Crippen LogP contribution < -0.4 is 25.0 Å². The molecule has 4 rings (SSSR count). The summed E-state index contributed by atoms with van der Waals surface area (Å²) in [5.74, 6) is 1.87. The van der Waals surface area contributed by atoms with Gasteiger partial charge in [0.2, 0.25) is 0 Å². The number of hydrogen-bond donors (Lipinski definition) is 1. The Morgan fingerprint density at radius 2 is 1.74 bits per heavy atom. The van der Waals surface area contributed by atoms with E-state index in [2.05, 4.69) is 11.6 Å². The van der Waals surface area contributed by atoms with E-state index >= 15 is 0 Å². The number of hydrogen-bond acceptors (Lipinski definition) is 5. The molecule has 0 aliphatic carbocycles. The molecule has 0 aromatic heterocycles. The van der Waals surface area contributed by atoms with Crippen LogP contribution in [0.1, 0.15) is 11.1 Å². The predicted molar refractivity (Wildman–Crippen MR) is 104 cm³/mol. The summed E-state index contributed by atoms with van der Waals surface area (Å²) in [7, 11) is 3.97. The predicted octanol–water partition coefficient (Wildman–Crippen LogP) is 3.30. The molecule has 0 bridgehead atoms. The van der Waals surface area contributed by atoms with Crippen LogP contribution >= 0.6 is 0 Å². The molecule has 3 aromatic rings. The first kappa shape index (κ1) is 17.1. The minimum atomic E-state index is 0.407. The van der Waals surface area contributed by atoms with Gasteiger partial charge in [-0.05, 0) is 34.5 Å². The Morgan fingerprint density at radius 1 is 0.926 bits per heavy atom. The van der Waals surface area contributed by atoms with Crippen LogP contribution in [-0.2, 0) is 5.04 Å². The quantitative estimate of drug-likeness (QED) is 0.446. The van der Waals surface area contributed by atoms with E-state index < -0.39 is 0 Å². The van der Waals surface area contributed by atoms with Crippen LogP contribution in [0.15, 0.2) is 60.7 Å². The van der Waals surface area contributed by atoms with Crippen LogP contribution in [0.3, 0.4) is 0 Å². The molecule has 0 radical (unpaired) electrons. The van der Waals surface area contributed by atoms with Gasteiger partial charge in [-0.15, -0.1) is 0 Å². The third-order valence-electron chi connectivity index (χ3n) is 4.57. The summed E-state index contributed by atoms with van der Waals surface area (Å²) < 4.78 is 6.19. The summed E-state index contributed by atoms with van der Waals surface area (Å²) in [5, 5.41) is 14.5. The number of para-hydroxylation sites is 1. The summed E-state index contributed by atoms with van der Waals surface area (Å²) in [5.41, 5.74) is 3.68. The topological polar surface area (TPSA) is 51.2 Å². The summed E-state index contributed by atoms with van der Waals surface area (Å²) in [6.45, 7) is 4.00. The summed E-state index contributed by atoms with van der Waals surface area (Å²) in [4.78, 5) is 7.00. The van der Waals surface area contributed by atoms with Gasteiger partial charge in [-0.1, -0.05) is 36.9 Å². The Hall–Kier alpha value is -3.28. The summed E-state index contributed by atoms with van der Waals surface area (Å²) in [6, 6.07) is 19.3. The zero-order chi connectivity index (χ0) is 19.0. The molecule has 0 atom stereocenters. The van der Waals surface area contributed by atoms with Crippen LogP contribution in [0.25, 0.3) is 12.2 Å². The number of fused-ring (bicyclic) bond motifs is 2. The molecule has 27 heavy (non-hydrogen) atoms. The van der Waals surface area contributed by atoms with Gasteiger partial charge >= 0.3 is 0 Å². The van der Waals surface area contributed by atoms with Crippen molar-refractivity contribution >= 4 is 17.8 Å². The first-order valence-electron chi connectivity index (χ1n) is 8.49. The molecule has 3 aromatic carbocycles. The van der Waals surface area contributed by atoms with Crippen molar-refractivity contribution in [2.24, 2.45) is 0 Å². The van der Waals surface area contributed by atoms with Crippen molar-refractivity contribution in [3.63, 3.8) is 0 Å². The van der Waals surface area contributed by atoms with E-state index in [1.165, 1.54) is 0 Å². The molecule has 1 heterocycles. The van der Waals surface area contributed by atoms with Gasteiger partial charge in [0.15, 0.2) is 5.75 Å². The minimum Gasteiger partial charge on any atom is -0.456 e. The van der Waals surface area contributed by atoms with Gasteiger partial charge in [0.25, 0.3) is 0 Å². The van der Waals surface area contributed by atoms with E-state index in [0.717, 1.165) is 44.3 Å². The highest BCUT2D eigenvalue weighted by Crippen LogP contribution is 2.40. The monoisotopic (exact) mass is 361 g/mol. The van der Waals surface area contributed by atoms with E-state index in [1.807, 2.05) is 73.6 Å². The lowest BCUT2D eigenvalue weighted by Crippen LogP contribution is -2.20. The van der Waals surface area contributed by atoms with Crippen molar-refractivity contribution in [3.05, 3.63) is 82.2 Å². The maximum atomic E-state index is 8.80. The van der Waals surface area contributed by atoms with Gasteiger partial charge < -0.3 is 14.5 Å². The minimum absolute atomic E-state index is 0.407. The Labute approximate surface area is 156 Å². The maximum Gasteiger partial charge on any atom is 0.176 e. The maximum absolute atomic E-state index is 8.80. The van der Waals surface area contributed by atoms with E-state index in [0.29, 0.717) is 5.75 Å². The Bertz CT molecular complexity index is 1120. The standard InChI is InChI=1S/C22H19NO4/c1-14-8-10-17-20(12-14)25-21-13-15(23(2)3)9-11-18(21)22(17)16-6-4-5-7-19(16)26-27-24/h4-13,24H,1H2,2-3H3. The molecule has 1 aliphatic heterocycles. The van der Waals surface area contributed by atoms with Gasteiger partial charge in [0.05, 0.1) is 0 Å². The van der Waals surface area contributed by atoms with Crippen LogP contribution in [0.5, 0.6) is 17.2 Å². The number of ether oxygens (including phenoxy) is 1. The molecule has 0 saturated carbocycles. The number of nitrogens with zero attached hydrogens (tertiary/aromatic N) is 1. The molecule has 0 unspecified atom stereocenters. The molecule has 1 aliphatic rings. The number of anilines is 1. The molecule has 0 fully saturated rings. The molecule has 1 N–H and O–H groups in total. The van der Waals surface area contributed by atoms with Gasteiger partial charge in [-0.3, -0.25) is 0 Å². The number of rotatable bonds is 4. The van der Waals surface area contributed by atoms with Crippen LogP contribution in [-0.4, -0.2) is 19.4 Å². The van der Waals surface area contributed by atoms with Gasteiger partial charge in [-0.25, -0.2) is 5.26 Å². The molecular formula is C22H19NO4. The van der Waals surface area contributed by atoms with Crippen molar-refractivity contribution in [2.75, 3.05) is 19.0 Å². The highest BCUT2D eigenvalue weighted by molar-refractivity contribution is 5.88.